The predicted molar refractivity (Wildman–Crippen MR) is 153 cm³/mol. The number of fused-ring (bicyclic) bond motifs is 1. The lowest BCUT2D eigenvalue weighted by Gasteiger charge is -2.13. The van der Waals surface area contributed by atoms with E-state index in [9.17, 15) is 18.0 Å². The van der Waals surface area contributed by atoms with E-state index in [1.807, 2.05) is 30.3 Å². The van der Waals surface area contributed by atoms with Crippen LogP contribution < -0.4 is 20.1 Å². The summed E-state index contributed by atoms with van der Waals surface area (Å²) >= 11 is 0. The van der Waals surface area contributed by atoms with Crippen molar-refractivity contribution in [2.24, 2.45) is 0 Å². The zero-order valence-electron chi connectivity index (χ0n) is 22.5. The minimum atomic E-state index is -3.86. The Morgan fingerprint density at radius 3 is 2.27 bits per heavy atom. The summed E-state index contributed by atoms with van der Waals surface area (Å²) in [5.41, 5.74) is 1.89. The monoisotopic (exact) mass is 562 g/mol. The first-order valence-corrected chi connectivity index (χ1v) is 13.7. The van der Waals surface area contributed by atoms with E-state index in [0.717, 1.165) is 13.8 Å². The van der Waals surface area contributed by atoms with Crippen LogP contribution in [0.15, 0.2) is 84.7 Å². The average Bonchev–Trinajstić information content (AvgIpc) is 3.34. The second kappa shape index (κ2) is 12.1. The minimum absolute atomic E-state index is 0.0686. The highest BCUT2D eigenvalue weighted by Crippen LogP contribution is 2.28. The molecule has 10 nitrogen and oxygen atoms in total. The van der Waals surface area contributed by atoms with Gasteiger partial charge in [0.2, 0.25) is 0 Å². The molecule has 1 aromatic heterocycles. The lowest BCUT2D eigenvalue weighted by molar-refractivity contribution is -0.117. The fraction of sp³-hybridized carbons (Fsp3) is 0.172. The Morgan fingerprint density at radius 2 is 1.60 bits per heavy atom. The van der Waals surface area contributed by atoms with Gasteiger partial charge in [-0.05, 0) is 35.9 Å². The highest BCUT2D eigenvalue weighted by atomic mass is 32.2. The summed E-state index contributed by atoms with van der Waals surface area (Å²) in [6, 6.07) is 20.9. The number of amides is 2. The molecule has 0 spiro atoms. The molecule has 0 atom stereocenters. The Morgan fingerprint density at radius 1 is 0.925 bits per heavy atom. The highest BCUT2D eigenvalue weighted by molar-refractivity contribution is 7.87. The Kier molecular flexibility index (Phi) is 8.56. The number of para-hydroxylation sites is 1. The number of benzene rings is 3. The van der Waals surface area contributed by atoms with Gasteiger partial charge in [0.15, 0.2) is 11.5 Å². The fourth-order valence-corrected chi connectivity index (χ4v) is 5.02. The lowest BCUT2D eigenvalue weighted by Crippen LogP contribution is -2.34. The molecule has 3 aromatic carbocycles. The van der Waals surface area contributed by atoms with Gasteiger partial charge in [-0.15, -0.1) is 0 Å². The van der Waals surface area contributed by atoms with Crippen LogP contribution in [0.4, 0.5) is 0 Å². The molecule has 0 aliphatic rings. The van der Waals surface area contributed by atoms with Crippen molar-refractivity contribution in [3.63, 3.8) is 0 Å². The van der Waals surface area contributed by atoms with E-state index in [4.69, 9.17) is 9.47 Å². The molecule has 0 radical (unpaired) electrons. The topological polar surface area (TPSA) is 119 Å². The van der Waals surface area contributed by atoms with E-state index >= 15 is 0 Å². The maximum Gasteiger partial charge on any atom is 0.307 e. The molecule has 11 heteroatoms. The highest BCUT2D eigenvalue weighted by Gasteiger charge is 2.22. The molecule has 0 fully saturated rings. The van der Waals surface area contributed by atoms with Crippen molar-refractivity contribution in [3.8, 4) is 11.5 Å². The van der Waals surface area contributed by atoms with E-state index in [1.165, 1.54) is 46.7 Å². The van der Waals surface area contributed by atoms with Crippen molar-refractivity contribution in [1.29, 1.82) is 0 Å². The number of hydrogen-bond donors (Lipinski definition) is 2. The van der Waals surface area contributed by atoms with Gasteiger partial charge in [-0.25, -0.2) is 3.97 Å². The summed E-state index contributed by atoms with van der Waals surface area (Å²) in [4.78, 5) is 26.7. The molecular formula is C29H30N4O6S. The van der Waals surface area contributed by atoms with Crippen LogP contribution in [-0.2, 0) is 21.5 Å². The van der Waals surface area contributed by atoms with E-state index < -0.39 is 22.0 Å². The molecule has 0 unspecified atom stereocenters. The molecule has 0 aliphatic carbocycles. The van der Waals surface area contributed by atoms with E-state index in [-0.39, 0.29) is 17.8 Å². The van der Waals surface area contributed by atoms with Crippen molar-refractivity contribution in [2.45, 2.75) is 6.54 Å². The molecule has 40 heavy (non-hydrogen) atoms. The van der Waals surface area contributed by atoms with Gasteiger partial charge < -0.3 is 20.1 Å². The smallest absolute Gasteiger partial charge is 0.307 e. The quantitative estimate of drug-likeness (QED) is 0.286. The molecule has 0 aliphatic heterocycles. The number of hydrogen-bond acceptors (Lipinski definition) is 6. The molecule has 4 aromatic rings. The van der Waals surface area contributed by atoms with Gasteiger partial charge in [-0.3, -0.25) is 9.59 Å². The van der Waals surface area contributed by atoms with Crippen LogP contribution >= 0.6 is 0 Å². The molecular weight excluding hydrogens is 532 g/mol. The third-order valence-electron chi connectivity index (χ3n) is 6.15. The lowest BCUT2D eigenvalue weighted by atomic mass is 10.1. The van der Waals surface area contributed by atoms with Crippen molar-refractivity contribution >= 4 is 39.0 Å². The third kappa shape index (κ3) is 6.00. The zero-order chi connectivity index (χ0) is 28.9. The molecule has 0 saturated heterocycles. The van der Waals surface area contributed by atoms with Crippen molar-refractivity contribution in [1.82, 2.24) is 18.9 Å². The van der Waals surface area contributed by atoms with Gasteiger partial charge in [0.25, 0.3) is 11.8 Å². The molecule has 0 bridgehead atoms. The first kappa shape index (κ1) is 28.4. The largest absolute Gasteiger partial charge is 0.493 e. The Labute approximate surface area is 233 Å². The van der Waals surface area contributed by atoms with Crippen molar-refractivity contribution < 1.29 is 27.5 Å². The summed E-state index contributed by atoms with van der Waals surface area (Å²) in [6.45, 7) is 0.222. The van der Waals surface area contributed by atoms with Crippen LogP contribution in [-0.4, -0.2) is 56.8 Å². The summed E-state index contributed by atoms with van der Waals surface area (Å²) in [5.74, 6) is -0.312. The van der Waals surface area contributed by atoms with Gasteiger partial charge >= 0.3 is 10.2 Å². The van der Waals surface area contributed by atoms with Crippen LogP contribution in [0.5, 0.6) is 11.5 Å². The zero-order valence-corrected chi connectivity index (χ0v) is 23.4. The summed E-state index contributed by atoms with van der Waals surface area (Å²) in [6.07, 6.45) is 2.88. The molecule has 2 amide bonds. The van der Waals surface area contributed by atoms with Crippen LogP contribution in [0, 0.1) is 0 Å². The number of carbonyl (C=O) groups is 2. The standard InChI is InChI=1S/C29H30N4O6S/c1-32(2)40(36,37)33-19-22(23-12-8-9-13-25(23)33)16-24(29(35)30-18-20-10-6-5-7-11-20)31-28(34)21-14-15-26(38-3)27(17-21)39-4/h5-17,19H,18H2,1-4H3,(H,30,35)(H,31,34)/b24-16-. The number of carbonyl (C=O) groups excluding carboxylic acids is 2. The molecule has 0 saturated carbocycles. The van der Waals surface area contributed by atoms with Crippen LogP contribution in [0.1, 0.15) is 21.5 Å². The molecule has 1 heterocycles. The predicted octanol–water partition coefficient (Wildman–Crippen LogP) is 3.40. The van der Waals surface area contributed by atoms with Crippen LogP contribution in [0.25, 0.3) is 17.0 Å². The van der Waals surface area contributed by atoms with E-state index in [0.29, 0.717) is 28.0 Å². The molecule has 208 valence electrons. The average molecular weight is 563 g/mol. The summed E-state index contributed by atoms with van der Waals surface area (Å²) in [7, 11) is 1.96. The SMILES string of the molecule is COc1ccc(C(=O)N/C(=C\c2cn(S(=O)(=O)N(C)C)c3ccccc23)C(=O)NCc2ccccc2)cc1OC. The number of nitrogens with zero attached hydrogens (tertiary/aromatic N) is 2. The number of nitrogens with one attached hydrogen (secondary N) is 2. The first-order valence-electron chi connectivity index (χ1n) is 12.3. The Hall–Kier alpha value is -4.61. The fourth-order valence-electron chi connectivity index (χ4n) is 4.02. The second-order valence-corrected chi connectivity index (χ2v) is 11.0. The third-order valence-corrected chi connectivity index (χ3v) is 7.88. The number of rotatable bonds is 10. The van der Waals surface area contributed by atoms with Crippen LogP contribution in [0.2, 0.25) is 0 Å². The number of methoxy groups -OCH3 is 2. The first-order chi connectivity index (χ1) is 19.1. The minimum Gasteiger partial charge on any atom is -0.493 e. The number of aromatic nitrogens is 1. The second-order valence-electron chi connectivity index (χ2n) is 8.94. The maximum atomic E-state index is 13.4. The Balaban J connectivity index is 1.76. The van der Waals surface area contributed by atoms with Crippen LogP contribution in [0.3, 0.4) is 0 Å². The van der Waals surface area contributed by atoms with E-state index in [2.05, 4.69) is 10.6 Å². The maximum absolute atomic E-state index is 13.4. The normalized spacial score (nSPS) is 11.9. The molecule has 2 N–H and O–H groups in total. The van der Waals surface area contributed by atoms with Gasteiger partial charge in [0.1, 0.15) is 5.70 Å². The van der Waals surface area contributed by atoms with Gasteiger partial charge in [0.05, 0.1) is 19.7 Å². The van der Waals surface area contributed by atoms with Gasteiger partial charge in [-0.2, -0.15) is 12.7 Å². The Bertz CT molecular complexity index is 1680. The number of ether oxygens (including phenoxy) is 2. The molecule has 4 rings (SSSR count). The van der Waals surface area contributed by atoms with E-state index in [1.54, 1.807) is 36.4 Å². The van der Waals surface area contributed by atoms with Crippen molar-refractivity contribution in [3.05, 3.63) is 101 Å². The van der Waals surface area contributed by atoms with Gasteiger partial charge in [-0.1, -0.05) is 48.5 Å². The summed E-state index contributed by atoms with van der Waals surface area (Å²) in [5, 5.41) is 6.09. The summed E-state index contributed by atoms with van der Waals surface area (Å²) < 4.78 is 38.8. The van der Waals surface area contributed by atoms with Crippen molar-refractivity contribution in [2.75, 3.05) is 28.3 Å². The van der Waals surface area contributed by atoms with Gasteiger partial charge in [0, 0.05) is 43.4 Å².